The summed E-state index contributed by atoms with van der Waals surface area (Å²) in [5, 5.41) is 2.40. The van der Waals surface area contributed by atoms with E-state index >= 15 is 0 Å². The lowest BCUT2D eigenvalue weighted by molar-refractivity contribution is -0.137. The lowest BCUT2D eigenvalue weighted by atomic mass is 10.2. The second-order valence-corrected chi connectivity index (χ2v) is 5.35. The van der Waals surface area contributed by atoms with Crippen LogP contribution in [0, 0.1) is 5.92 Å². The van der Waals surface area contributed by atoms with Crippen LogP contribution >= 0.6 is 11.3 Å². The average Bonchev–Trinajstić information content (AvgIpc) is 2.60. The highest BCUT2D eigenvalue weighted by molar-refractivity contribution is 7.11. The summed E-state index contributed by atoms with van der Waals surface area (Å²) in [6.45, 7) is 7.20. The van der Waals surface area contributed by atoms with Gasteiger partial charge in [0.1, 0.15) is 0 Å². The Morgan fingerprint density at radius 3 is 2.47 bits per heavy atom. The summed E-state index contributed by atoms with van der Waals surface area (Å²) in [7, 11) is 0. The Morgan fingerprint density at radius 1 is 1.35 bits per heavy atom. The topological polar surface area (TPSA) is 24.9 Å². The molecule has 0 saturated heterocycles. The maximum absolute atomic E-state index is 12.5. The Balaban J connectivity index is 2.74. The molecule has 1 aromatic rings. The van der Waals surface area contributed by atoms with Crippen molar-refractivity contribution in [1.82, 2.24) is 10.3 Å². The van der Waals surface area contributed by atoms with Gasteiger partial charge in [0.15, 0.2) is 5.01 Å². The van der Waals surface area contributed by atoms with Gasteiger partial charge in [-0.15, -0.1) is 11.3 Å². The van der Waals surface area contributed by atoms with Gasteiger partial charge >= 0.3 is 6.18 Å². The standard InChI is InChI=1S/C11H17F3N2S/c1-4-8-9(6-15-5-7(2)3)17-10(16-8)11(12,13)14/h7,15H,4-6H2,1-3H3. The van der Waals surface area contributed by atoms with Gasteiger partial charge < -0.3 is 5.32 Å². The predicted molar refractivity (Wildman–Crippen MR) is 63.0 cm³/mol. The lowest BCUT2D eigenvalue weighted by Gasteiger charge is -2.06. The van der Waals surface area contributed by atoms with Gasteiger partial charge in [-0.3, -0.25) is 0 Å². The minimum absolute atomic E-state index is 0.467. The molecule has 0 amide bonds. The second kappa shape index (κ2) is 5.82. The first kappa shape index (κ1) is 14.4. The van der Waals surface area contributed by atoms with E-state index in [9.17, 15) is 13.2 Å². The zero-order valence-corrected chi connectivity index (χ0v) is 11.0. The Labute approximate surface area is 103 Å². The molecule has 0 aliphatic heterocycles. The van der Waals surface area contributed by atoms with Crippen LogP contribution in [0.5, 0.6) is 0 Å². The molecule has 0 aliphatic carbocycles. The fraction of sp³-hybridized carbons (Fsp3) is 0.727. The molecule has 1 aromatic heterocycles. The molecule has 1 rings (SSSR count). The molecular formula is C11H17F3N2S. The van der Waals surface area contributed by atoms with Gasteiger partial charge in [0, 0.05) is 11.4 Å². The summed E-state index contributed by atoms with van der Waals surface area (Å²) in [5.74, 6) is 0.482. The molecule has 0 unspecified atom stereocenters. The Bertz CT molecular complexity index is 358. The Kier molecular flexibility index (Phi) is 4.94. The van der Waals surface area contributed by atoms with Gasteiger partial charge in [0.25, 0.3) is 0 Å². The number of halogens is 3. The molecule has 0 saturated carbocycles. The van der Waals surface area contributed by atoms with Crippen molar-refractivity contribution in [3.8, 4) is 0 Å². The Morgan fingerprint density at radius 2 is 2.00 bits per heavy atom. The highest BCUT2D eigenvalue weighted by Crippen LogP contribution is 2.34. The van der Waals surface area contributed by atoms with E-state index in [4.69, 9.17) is 0 Å². The van der Waals surface area contributed by atoms with Crippen LogP contribution in [-0.2, 0) is 19.1 Å². The van der Waals surface area contributed by atoms with Crippen LogP contribution in [0.3, 0.4) is 0 Å². The van der Waals surface area contributed by atoms with Crippen molar-refractivity contribution in [2.24, 2.45) is 5.92 Å². The minimum atomic E-state index is -4.33. The first-order valence-electron chi connectivity index (χ1n) is 5.61. The number of alkyl halides is 3. The third-order valence-electron chi connectivity index (χ3n) is 2.19. The first-order valence-corrected chi connectivity index (χ1v) is 6.42. The van der Waals surface area contributed by atoms with E-state index in [-0.39, 0.29) is 0 Å². The molecule has 6 heteroatoms. The summed E-state index contributed by atoms with van der Waals surface area (Å²) < 4.78 is 37.5. The maximum atomic E-state index is 12.5. The maximum Gasteiger partial charge on any atom is 0.443 e. The number of aromatic nitrogens is 1. The number of hydrogen-bond acceptors (Lipinski definition) is 3. The number of rotatable bonds is 5. The van der Waals surface area contributed by atoms with Gasteiger partial charge in [-0.05, 0) is 18.9 Å². The number of nitrogens with zero attached hydrogens (tertiary/aromatic N) is 1. The summed E-state index contributed by atoms with van der Waals surface area (Å²) in [6.07, 6.45) is -3.80. The smallest absolute Gasteiger partial charge is 0.312 e. The lowest BCUT2D eigenvalue weighted by Crippen LogP contribution is -2.18. The summed E-state index contributed by atoms with van der Waals surface area (Å²) in [6, 6.07) is 0. The van der Waals surface area contributed by atoms with E-state index in [0.717, 1.165) is 17.9 Å². The van der Waals surface area contributed by atoms with E-state index in [0.29, 0.717) is 29.5 Å². The molecular weight excluding hydrogens is 249 g/mol. The molecule has 0 radical (unpaired) electrons. The molecule has 2 nitrogen and oxygen atoms in total. The van der Waals surface area contributed by atoms with Crippen LogP contribution in [-0.4, -0.2) is 11.5 Å². The molecule has 0 atom stereocenters. The highest BCUT2D eigenvalue weighted by Gasteiger charge is 2.35. The van der Waals surface area contributed by atoms with Crippen LogP contribution in [0.4, 0.5) is 13.2 Å². The molecule has 0 aromatic carbocycles. The third kappa shape index (κ3) is 4.27. The minimum Gasteiger partial charge on any atom is -0.312 e. The van der Waals surface area contributed by atoms with Crippen molar-refractivity contribution >= 4 is 11.3 Å². The van der Waals surface area contributed by atoms with Gasteiger partial charge in [-0.2, -0.15) is 13.2 Å². The molecule has 1 heterocycles. The van der Waals surface area contributed by atoms with Crippen LogP contribution < -0.4 is 5.32 Å². The van der Waals surface area contributed by atoms with Crippen molar-refractivity contribution in [1.29, 1.82) is 0 Å². The fourth-order valence-corrected chi connectivity index (χ4v) is 2.38. The molecule has 0 fully saturated rings. The van der Waals surface area contributed by atoms with Gasteiger partial charge in [-0.1, -0.05) is 20.8 Å². The summed E-state index contributed by atoms with van der Waals surface area (Å²) in [5.41, 5.74) is 0.554. The van der Waals surface area contributed by atoms with E-state index < -0.39 is 11.2 Å². The third-order valence-corrected chi connectivity index (χ3v) is 3.34. The van der Waals surface area contributed by atoms with E-state index in [2.05, 4.69) is 24.1 Å². The number of hydrogen-bond donors (Lipinski definition) is 1. The van der Waals surface area contributed by atoms with Crippen LogP contribution in [0.2, 0.25) is 0 Å². The SMILES string of the molecule is CCc1nc(C(F)(F)F)sc1CNCC(C)C. The van der Waals surface area contributed by atoms with Crippen molar-refractivity contribution in [2.45, 2.75) is 39.9 Å². The molecule has 0 aliphatic rings. The normalized spacial score (nSPS) is 12.4. The van der Waals surface area contributed by atoms with Crippen molar-refractivity contribution in [2.75, 3.05) is 6.54 Å². The van der Waals surface area contributed by atoms with Crippen LogP contribution in [0.15, 0.2) is 0 Å². The van der Waals surface area contributed by atoms with E-state index in [1.165, 1.54) is 0 Å². The van der Waals surface area contributed by atoms with Gasteiger partial charge in [0.05, 0.1) is 5.69 Å². The summed E-state index contributed by atoms with van der Waals surface area (Å²) in [4.78, 5) is 4.35. The predicted octanol–water partition coefficient (Wildman–Crippen LogP) is 3.47. The Hall–Kier alpha value is -0.620. The fourth-order valence-electron chi connectivity index (χ4n) is 1.39. The zero-order chi connectivity index (χ0) is 13.1. The molecule has 0 spiro atoms. The molecule has 1 N–H and O–H groups in total. The number of aryl methyl sites for hydroxylation is 1. The molecule has 17 heavy (non-hydrogen) atoms. The number of thiazole rings is 1. The summed E-state index contributed by atoms with van der Waals surface area (Å²) >= 11 is 0.744. The van der Waals surface area contributed by atoms with E-state index in [1.807, 2.05) is 6.92 Å². The van der Waals surface area contributed by atoms with Crippen molar-refractivity contribution in [3.63, 3.8) is 0 Å². The van der Waals surface area contributed by atoms with Crippen LogP contribution in [0.1, 0.15) is 36.3 Å². The van der Waals surface area contributed by atoms with Gasteiger partial charge in [0.2, 0.25) is 0 Å². The average molecular weight is 266 g/mol. The monoisotopic (exact) mass is 266 g/mol. The first-order chi connectivity index (χ1) is 7.84. The van der Waals surface area contributed by atoms with Crippen molar-refractivity contribution < 1.29 is 13.2 Å². The van der Waals surface area contributed by atoms with Crippen LogP contribution in [0.25, 0.3) is 0 Å². The molecule has 98 valence electrons. The van der Waals surface area contributed by atoms with Crippen molar-refractivity contribution in [3.05, 3.63) is 15.6 Å². The highest BCUT2D eigenvalue weighted by atomic mass is 32.1. The zero-order valence-electron chi connectivity index (χ0n) is 10.2. The largest absolute Gasteiger partial charge is 0.443 e. The second-order valence-electron chi connectivity index (χ2n) is 4.26. The molecule has 0 bridgehead atoms. The van der Waals surface area contributed by atoms with Gasteiger partial charge in [-0.25, -0.2) is 4.98 Å². The number of nitrogens with one attached hydrogen (secondary N) is 1. The quantitative estimate of drug-likeness (QED) is 0.882. The van der Waals surface area contributed by atoms with E-state index in [1.54, 1.807) is 0 Å².